The van der Waals surface area contributed by atoms with Crippen LogP contribution < -0.4 is 16.6 Å². The number of nitrogens with two attached hydrogens (primary N) is 1. The van der Waals surface area contributed by atoms with Crippen LogP contribution in [0.3, 0.4) is 0 Å². The van der Waals surface area contributed by atoms with Crippen LogP contribution in [0.25, 0.3) is 0 Å². The van der Waals surface area contributed by atoms with Crippen LogP contribution in [0, 0.1) is 0 Å². The number of nitrogen functional groups attached to an aromatic ring is 1. The molecule has 1 unspecified atom stereocenters. The fourth-order valence-electron chi connectivity index (χ4n) is 1.52. The first-order chi connectivity index (χ1) is 8.63. The van der Waals surface area contributed by atoms with Crippen LogP contribution >= 0.6 is 15.9 Å². The molecule has 0 bridgehead atoms. The summed E-state index contributed by atoms with van der Waals surface area (Å²) in [6.07, 6.45) is 3.07. The van der Waals surface area contributed by atoms with Crippen LogP contribution in [0.5, 0.6) is 0 Å². The second kappa shape index (κ2) is 5.27. The molecule has 1 atom stereocenters. The molecule has 4 N–H and O–H groups in total. The van der Waals surface area contributed by atoms with Gasteiger partial charge in [-0.15, -0.1) is 10.2 Å². The Hall–Kier alpha value is -1.74. The summed E-state index contributed by atoms with van der Waals surface area (Å²) >= 11 is 3.38. The van der Waals surface area contributed by atoms with Crippen molar-refractivity contribution >= 4 is 27.6 Å². The zero-order valence-electron chi connectivity index (χ0n) is 9.92. The van der Waals surface area contributed by atoms with Gasteiger partial charge in [0.25, 0.3) is 0 Å². The average Bonchev–Trinajstić information content (AvgIpc) is 2.78. The number of aryl methyl sites for hydroxylation is 1. The molecule has 96 valence electrons. The van der Waals surface area contributed by atoms with E-state index < -0.39 is 0 Å². The second-order valence-corrected chi connectivity index (χ2v) is 4.49. The van der Waals surface area contributed by atoms with E-state index in [-0.39, 0.29) is 6.04 Å². The van der Waals surface area contributed by atoms with Gasteiger partial charge in [0.2, 0.25) is 0 Å². The molecule has 0 saturated heterocycles. The molecule has 2 aromatic heterocycles. The maximum absolute atomic E-state index is 5.34. The molecule has 0 aromatic carbocycles. The van der Waals surface area contributed by atoms with Gasteiger partial charge in [0.1, 0.15) is 22.9 Å². The first kappa shape index (κ1) is 12.7. The maximum Gasteiger partial charge on any atom is 0.159 e. The number of aromatic nitrogens is 5. The summed E-state index contributed by atoms with van der Waals surface area (Å²) < 4.78 is 2.51. The molecule has 18 heavy (non-hydrogen) atoms. The Labute approximate surface area is 112 Å². The lowest BCUT2D eigenvalue weighted by atomic mass is 10.3. The SMILES string of the molecule is CC(Nc1ncnc(NN)c1Br)c1nncn1C. The quantitative estimate of drug-likeness (QED) is 0.567. The summed E-state index contributed by atoms with van der Waals surface area (Å²) in [6.45, 7) is 1.97. The summed E-state index contributed by atoms with van der Waals surface area (Å²) in [6, 6.07) is -0.0469. The molecule has 0 aliphatic rings. The van der Waals surface area contributed by atoms with Gasteiger partial charge >= 0.3 is 0 Å². The summed E-state index contributed by atoms with van der Waals surface area (Å²) in [5, 5.41) is 11.1. The third-order valence-electron chi connectivity index (χ3n) is 2.41. The van der Waals surface area contributed by atoms with E-state index in [1.807, 2.05) is 18.5 Å². The highest BCUT2D eigenvalue weighted by atomic mass is 79.9. The van der Waals surface area contributed by atoms with Crippen molar-refractivity contribution in [3.05, 3.63) is 23.0 Å². The highest BCUT2D eigenvalue weighted by Crippen LogP contribution is 2.28. The monoisotopic (exact) mass is 312 g/mol. The molecule has 9 heteroatoms. The van der Waals surface area contributed by atoms with Crippen molar-refractivity contribution in [2.75, 3.05) is 10.7 Å². The van der Waals surface area contributed by atoms with Crippen molar-refractivity contribution in [1.82, 2.24) is 24.7 Å². The van der Waals surface area contributed by atoms with Crippen LogP contribution in [0.4, 0.5) is 11.6 Å². The highest BCUT2D eigenvalue weighted by Gasteiger charge is 2.15. The van der Waals surface area contributed by atoms with E-state index in [1.165, 1.54) is 6.33 Å². The van der Waals surface area contributed by atoms with Crippen molar-refractivity contribution in [2.24, 2.45) is 12.9 Å². The van der Waals surface area contributed by atoms with Gasteiger partial charge in [-0.1, -0.05) is 0 Å². The van der Waals surface area contributed by atoms with Crippen LogP contribution in [0.1, 0.15) is 18.8 Å². The number of hydrogen-bond acceptors (Lipinski definition) is 7. The van der Waals surface area contributed by atoms with E-state index in [2.05, 4.69) is 46.8 Å². The maximum atomic E-state index is 5.34. The molecule has 2 aromatic rings. The largest absolute Gasteiger partial charge is 0.359 e. The van der Waals surface area contributed by atoms with Crippen molar-refractivity contribution in [3.63, 3.8) is 0 Å². The molecule has 0 aliphatic carbocycles. The highest BCUT2D eigenvalue weighted by molar-refractivity contribution is 9.10. The lowest BCUT2D eigenvalue weighted by Crippen LogP contribution is -2.15. The summed E-state index contributed by atoms with van der Waals surface area (Å²) in [5.74, 6) is 7.30. The number of rotatable bonds is 4. The zero-order chi connectivity index (χ0) is 13.1. The fourth-order valence-corrected chi connectivity index (χ4v) is 1.96. The number of anilines is 2. The topological polar surface area (TPSA) is 107 Å². The van der Waals surface area contributed by atoms with Gasteiger partial charge in [-0.05, 0) is 22.9 Å². The van der Waals surface area contributed by atoms with Gasteiger partial charge in [0.15, 0.2) is 11.6 Å². The minimum atomic E-state index is -0.0469. The van der Waals surface area contributed by atoms with Gasteiger partial charge in [-0.25, -0.2) is 15.8 Å². The molecular formula is C9H13BrN8. The van der Waals surface area contributed by atoms with Gasteiger partial charge in [0, 0.05) is 7.05 Å². The normalized spacial score (nSPS) is 12.2. The third kappa shape index (κ3) is 2.41. The van der Waals surface area contributed by atoms with E-state index in [4.69, 9.17) is 5.84 Å². The van der Waals surface area contributed by atoms with E-state index >= 15 is 0 Å². The summed E-state index contributed by atoms with van der Waals surface area (Å²) in [4.78, 5) is 8.12. The number of hydrazine groups is 1. The number of nitrogens with zero attached hydrogens (tertiary/aromatic N) is 5. The van der Waals surface area contributed by atoms with Crippen molar-refractivity contribution in [2.45, 2.75) is 13.0 Å². The average molecular weight is 313 g/mol. The second-order valence-electron chi connectivity index (χ2n) is 3.70. The van der Waals surface area contributed by atoms with Gasteiger partial charge in [-0.3, -0.25) is 0 Å². The summed E-state index contributed by atoms with van der Waals surface area (Å²) in [5.41, 5.74) is 2.48. The molecule has 0 spiro atoms. The lowest BCUT2D eigenvalue weighted by Gasteiger charge is -2.15. The van der Waals surface area contributed by atoms with Gasteiger partial charge in [-0.2, -0.15) is 0 Å². The fraction of sp³-hybridized carbons (Fsp3) is 0.333. The molecule has 0 radical (unpaired) electrons. The number of halogens is 1. The van der Waals surface area contributed by atoms with E-state index in [0.717, 1.165) is 5.82 Å². The third-order valence-corrected chi connectivity index (χ3v) is 3.16. The Balaban J connectivity index is 2.22. The standard InChI is InChI=1S/C9H13BrN8/c1-5(9-17-14-4-18(9)2)15-7-6(10)8(16-11)13-3-12-7/h3-5H,11H2,1-2H3,(H2,12,13,15,16). The molecule has 0 amide bonds. The van der Waals surface area contributed by atoms with E-state index in [9.17, 15) is 0 Å². The Kier molecular flexibility index (Phi) is 3.72. The van der Waals surface area contributed by atoms with Gasteiger partial charge < -0.3 is 15.3 Å². The van der Waals surface area contributed by atoms with Crippen LogP contribution in [-0.4, -0.2) is 24.7 Å². The molecule has 0 saturated carbocycles. The molecule has 8 nitrogen and oxygen atoms in total. The Bertz CT molecular complexity index is 539. The summed E-state index contributed by atoms with van der Waals surface area (Å²) in [7, 11) is 1.88. The number of hydrogen-bond donors (Lipinski definition) is 3. The smallest absolute Gasteiger partial charge is 0.159 e. The first-order valence-electron chi connectivity index (χ1n) is 5.21. The van der Waals surface area contributed by atoms with E-state index in [1.54, 1.807) is 6.33 Å². The zero-order valence-corrected chi connectivity index (χ0v) is 11.5. The Morgan fingerprint density at radius 3 is 2.72 bits per heavy atom. The Morgan fingerprint density at radius 1 is 1.39 bits per heavy atom. The van der Waals surface area contributed by atoms with Crippen LogP contribution in [0.2, 0.25) is 0 Å². The predicted molar refractivity (Wildman–Crippen MR) is 70.6 cm³/mol. The molecule has 2 heterocycles. The minimum Gasteiger partial charge on any atom is -0.359 e. The number of nitrogens with one attached hydrogen (secondary N) is 2. The van der Waals surface area contributed by atoms with Crippen molar-refractivity contribution in [3.8, 4) is 0 Å². The Morgan fingerprint density at radius 2 is 2.11 bits per heavy atom. The molecular weight excluding hydrogens is 300 g/mol. The molecule has 0 aliphatic heterocycles. The lowest BCUT2D eigenvalue weighted by molar-refractivity contribution is 0.715. The van der Waals surface area contributed by atoms with Crippen LogP contribution in [-0.2, 0) is 7.05 Å². The van der Waals surface area contributed by atoms with Crippen LogP contribution in [0.15, 0.2) is 17.1 Å². The van der Waals surface area contributed by atoms with Gasteiger partial charge in [0.05, 0.1) is 6.04 Å². The minimum absolute atomic E-state index is 0.0469. The predicted octanol–water partition coefficient (Wildman–Crippen LogP) is 0.826. The van der Waals surface area contributed by atoms with E-state index in [0.29, 0.717) is 16.1 Å². The molecule has 2 rings (SSSR count). The first-order valence-corrected chi connectivity index (χ1v) is 6.00. The van der Waals surface area contributed by atoms with Crippen molar-refractivity contribution in [1.29, 1.82) is 0 Å². The molecule has 0 fully saturated rings. The van der Waals surface area contributed by atoms with Crippen molar-refractivity contribution < 1.29 is 0 Å².